The maximum absolute atomic E-state index is 12.2. The number of aryl methyl sites for hydroxylation is 1. The lowest BCUT2D eigenvalue weighted by atomic mass is 10.2. The number of anilines is 1. The van der Waals surface area contributed by atoms with Gasteiger partial charge in [0.2, 0.25) is 0 Å². The molecule has 29 heavy (non-hydrogen) atoms. The molecule has 0 atom stereocenters. The Labute approximate surface area is 173 Å². The first-order valence-corrected chi connectivity index (χ1v) is 10.2. The molecule has 0 fully saturated rings. The molecule has 1 amide bonds. The van der Waals surface area contributed by atoms with E-state index in [2.05, 4.69) is 10.6 Å². The zero-order valence-electron chi connectivity index (χ0n) is 17.6. The minimum atomic E-state index is -0.212. The summed E-state index contributed by atoms with van der Waals surface area (Å²) in [6.45, 7) is 9.52. The second-order valence-corrected chi connectivity index (χ2v) is 6.64. The van der Waals surface area contributed by atoms with Crippen LogP contribution >= 0.6 is 0 Å². The zero-order valence-corrected chi connectivity index (χ0v) is 17.6. The molecule has 2 aromatic rings. The third-order valence-electron chi connectivity index (χ3n) is 4.18. The molecule has 2 rings (SSSR count). The van der Waals surface area contributed by atoms with E-state index in [4.69, 9.17) is 14.2 Å². The first-order valence-electron chi connectivity index (χ1n) is 10.2. The fourth-order valence-electron chi connectivity index (χ4n) is 2.70. The van der Waals surface area contributed by atoms with E-state index in [0.29, 0.717) is 18.1 Å². The fourth-order valence-corrected chi connectivity index (χ4v) is 2.70. The number of rotatable bonds is 13. The van der Waals surface area contributed by atoms with Crippen LogP contribution in [0.15, 0.2) is 42.5 Å². The third kappa shape index (κ3) is 8.54. The van der Waals surface area contributed by atoms with E-state index < -0.39 is 0 Å². The van der Waals surface area contributed by atoms with Gasteiger partial charge in [-0.25, -0.2) is 0 Å². The normalized spacial score (nSPS) is 10.6. The van der Waals surface area contributed by atoms with Crippen LogP contribution < -0.4 is 20.1 Å². The van der Waals surface area contributed by atoms with E-state index in [1.165, 1.54) is 0 Å². The maximum atomic E-state index is 12.2. The van der Waals surface area contributed by atoms with Crippen LogP contribution in [0.4, 0.5) is 5.69 Å². The highest BCUT2D eigenvalue weighted by Crippen LogP contribution is 2.28. The van der Waals surface area contributed by atoms with Gasteiger partial charge in [0.25, 0.3) is 5.91 Å². The Morgan fingerprint density at radius 3 is 2.48 bits per heavy atom. The predicted octanol–water partition coefficient (Wildman–Crippen LogP) is 3.93. The lowest BCUT2D eigenvalue weighted by Crippen LogP contribution is -2.20. The highest BCUT2D eigenvalue weighted by molar-refractivity contribution is 5.91. The van der Waals surface area contributed by atoms with Gasteiger partial charge >= 0.3 is 0 Å². The molecule has 0 aromatic heterocycles. The van der Waals surface area contributed by atoms with Crippen LogP contribution in [0.5, 0.6) is 11.5 Å². The van der Waals surface area contributed by atoms with Crippen molar-refractivity contribution in [3.05, 3.63) is 53.6 Å². The van der Waals surface area contributed by atoms with Gasteiger partial charge in [0.05, 0.1) is 6.61 Å². The summed E-state index contributed by atoms with van der Waals surface area (Å²) in [4.78, 5) is 12.2. The van der Waals surface area contributed by atoms with Crippen molar-refractivity contribution in [1.82, 2.24) is 5.32 Å². The Morgan fingerprint density at radius 1 is 0.966 bits per heavy atom. The molecule has 6 nitrogen and oxygen atoms in total. The van der Waals surface area contributed by atoms with Crippen LogP contribution in [0.1, 0.15) is 31.4 Å². The summed E-state index contributed by atoms with van der Waals surface area (Å²) in [6, 6.07) is 13.4. The summed E-state index contributed by atoms with van der Waals surface area (Å²) in [5.41, 5.74) is 2.99. The molecule has 0 spiro atoms. The second-order valence-electron chi connectivity index (χ2n) is 6.64. The molecule has 0 aliphatic heterocycles. The average Bonchev–Trinajstić information content (AvgIpc) is 2.72. The summed E-state index contributed by atoms with van der Waals surface area (Å²) < 4.78 is 16.7. The van der Waals surface area contributed by atoms with Crippen molar-refractivity contribution < 1.29 is 19.0 Å². The minimum absolute atomic E-state index is 0.0804. The molecule has 0 radical (unpaired) electrons. The van der Waals surface area contributed by atoms with Crippen molar-refractivity contribution in [1.29, 1.82) is 0 Å². The standard InChI is InChI=1S/C23H32N2O4/c1-4-27-14-6-13-24-16-19-9-12-21(22(15-19)28-5-2)29-17-23(26)25-20-10-7-18(3)8-11-20/h7-12,15,24H,4-6,13-14,16-17H2,1-3H3,(H,25,26). The molecule has 0 heterocycles. The number of hydrogen-bond donors (Lipinski definition) is 2. The predicted molar refractivity (Wildman–Crippen MR) is 116 cm³/mol. The van der Waals surface area contributed by atoms with Gasteiger partial charge in [-0.1, -0.05) is 23.8 Å². The van der Waals surface area contributed by atoms with Gasteiger partial charge in [-0.2, -0.15) is 0 Å². The third-order valence-corrected chi connectivity index (χ3v) is 4.18. The molecule has 0 aliphatic rings. The summed E-state index contributed by atoms with van der Waals surface area (Å²) in [7, 11) is 0. The number of carbonyl (C=O) groups is 1. The van der Waals surface area contributed by atoms with Gasteiger partial charge < -0.3 is 24.8 Å². The molecule has 6 heteroatoms. The van der Waals surface area contributed by atoms with Crippen molar-refractivity contribution in [3.63, 3.8) is 0 Å². The Balaban J connectivity index is 1.85. The van der Waals surface area contributed by atoms with Gasteiger partial charge in [-0.3, -0.25) is 4.79 Å². The van der Waals surface area contributed by atoms with Gasteiger partial charge in [0.15, 0.2) is 18.1 Å². The molecule has 2 aromatic carbocycles. The number of ether oxygens (including phenoxy) is 3. The smallest absolute Gasteiger partial charge is 0.262 e. The number of hydrogen-bond acceptors (Lipinski definition) is 5. The zero-order chi connectivity index (χ0) is 20.9. The Morgan fingerprint density at radius 2 is 1.76 bits per heavy atom. The van der Waals surface area contributed by atoms with Crippen LogP contribution in [0.2, 0.25) is 0 Å². The van der Waals surface area contributed by atoms with Gasteiger partial charge in [-0.15, -0.1) is 0 Å². The monoisotopic (exact) mass is 400 g/mol. The lowest BCUT2D eigenvalue weighted by molar-refractivity contribution is -0.118. The van der Waals surface area contributed by atoms with Crippen molar-refractivity contribution in [2.75, 3.05) is 38.3 Å². The molecule has 0 saturated carbocycles. The SMILES string of the molecule is CCOCCCNCc1ccc(OCC(=O)Nc2ccc(C)cc2)c(OCC)c1. The maximum Gasteiger partial charge on any atom is 0.262 e. The quantitative estimate of drug-likeness (QED) is 0.499. The number of carbonyl (C=O) groups excluding carboxylic acids is 1. The summed E-state index contributed by atoms with van der Waals surface area (Å²) in [5.74, 6) is 0.992. The summed E-state index contributed by atoms with van der Waals surface area (Å²) in [5, 5.41) is 6.22. The molecule has 2 N–H and O–H groups in total. The van der Waals surface area contributed by atoms with Crippen molar-refractivity contribution in [2.24, 2.45) is 0 Å². The molecule has 0 aliphatic carbocycles. The lowest BCUT2D eigenvalue weighted by Gasteiger charge is -2.14. The summed E-state index contributed by atoms with van der Waals surface area (Å²) >= 11 is 0. The van der Waals surface area contributed by atoms with Crippen molar-refractivity contribution in [3.8, 4) is 11.5 Å². The van der Waals surface area contributed by atoms with Crippen LogP contribution in [0.3, 0.4) is 0 Å². The van der Waals surface area contributed by atoms with Crippen LogP contribution in [0, 0.1) is 6.92 Å². The van der Waals surface area contributed by atoms with E-state index in [1.54, 1.807) is 0 Å². The Kier molecular flexibility index (Phi) is 10.0. The molecule has 158 valence electrons. The fraction of sp³-hybridized carbons (Fsp3) is 0.435. The second kappa shape index (κ2) is 12.8. The number of nitrogens with one attached hydrogen (secondary N) is 2. The molecule has 0 bridgehead atoms. The van der Waals surface area contributed by atoms with Crippen LogP contribution in [0.25, 0.3) is 0 Å². The Bertz CT molecular complexity index is 747. The first kappa shape index (κ1) is 22.7. The average molecular weight is 401 g/mol. The molecular formula is C23H32N2O4. The molecule has 0 saturated heterocycles. The molecular weight excluding hydrogens is 368 g/mol. The van der Waals surface area contributed by atoms with Gasteiger partial charge in [0, 0.05) is 25.4 Å². The van der Waals surface area contributed by atoms with Gasteiger partial charge in [0.1, 0.15) is 0 Å². The van der Waals surface area contributed by atoms with E-state index >= 15 is 0 Å². The highest BCUT2D eigenvalue weighted by Gasteiger charge is 2.10. The van der Waals surface area contributed by atoms with Crippen LogP contribution in [-0.2, 0) is 16.1 Å². The number of amides is 1. The van der Waals surface area contributed by atoms with Gasteiger partial charge in [-0.05, 0) is 63.6 Å². The topological polar surface area (TPSA) is 68.8 Å². The van der Waals surface area contributed by atoms with Crippen LogP contribution in [-0.4, -0.2) is 38.9 Å². The van der Waals surface area contributed by atoms with E-state index in [1.807, 2.05) is 63.2 Å². The first-order chi connectivity index (χ1) is 14.1. The van der Waals surface area contributed by atoms with E-state index in [9.17, 15) is 4.79 Å². The largest absolute Gasteiger partial charge is 0.490 e. The minimum Gasteiger partial charge on any atom is -0.490 e. The highest BCUT2D eigenvalue weighted by atomic mass is 16.5. The number of benzene rings is 2. The van der Waals surface area contributed by atoms with E-state index in [-0.39, 0.29) is 12.5 Å². The van der Waals surface area contributed by atoms with E-state index in [0.717, 1.165) is 49.5 Å². The van der Waals surface area contributed by atoms with Crippen molar-refractivity contribution >= 4 is 11.6 Å². The summed E-state index contributed by atoms with van der Waals surface area (Å²) in [6.07, 6.45) is 0.976. The molecule has 0 unspecified atom stereocenters. The Hall–Kier alpha value is -2.57. The van der Waals surface area contributed by atoms with Crippen molar-refractivity contribution in [2.45, 2.75) is 33.7 Å².